The normalized spacial score (nSPS) is 10.4. The zero-order valence-corrected chi connectivity index (χ0v) is 11.7. The van der Waals surface area contributed by atoms with E-state index in [9.17, 15) is 9.59 Å². The minimum Gasteiger partial charge on any atom is -0.478 e. The number of aryl methyl sites for hydroxylation is 2. The molecule has 21 heavy (non-hydrogen) atoms. The first-order valence-corrected chi connectivity index (χ1v) is 6.38. The molecule has 0 aliphatic carbocycles. The number of carbonyl (C=O) groups is 2. The van der Waals surface area contributed by atoms with E-state index in [0.29, 0.717) is 12.2 Å². The molecule has 0 fully saturated rings. The Morgan fingerprint density at radius 1 is 1.38 bits per heavy atom. The molecule has 2 aromatic heterocycles. The number of aromatic nitrogens is 2. The zero-order valence-electron chi connectivity index (χ0n) is 11.7. The summed E-state index contributed by atoms with van der Waals surface area (Å²) in [6.45, 7) is 3.60. The molecule has 0 unspecified atom stereocenters. The Morgan fingerprint density at radius 2 is 2.14 bits per heavy atom. The van der Waals surface area contributed by atoms with Gasteiger partial charge in [0.25, 0.3) is 0 Å². The van der Waals surface area contributed by atoms with Crippen LogP contribution in [0.2, 0.25) is 0 Å². The number of carboxylic acid groups (broad SMARTS) is 1. The summed E-state index contributed by atoms with van der Waals surface area (Å²) in [7, 11) is 0. The second-order valence-corrected chi connectivity index (χ2v) is 4.58. The van der Waals surface area contributed by atoms with E-state index in [2.05, 4.69) is 15.5 Å². The van der Waals surface area contributed by atoms with Crippen molar-refractivity contribution < 1.29 is 19.2 Å². The van der Waals surface area contributed by atoms with E-state index < -0.39 is 5.97 Å². The maximum absolute atomic E-state index is 11.9. The molecule has 1 amide bonds. The predicted molar refractivity (Wildman–Crippen MR) is 74.1 cm³/mol. The SMILES string of the molecule is Cc1noc(C)c1CCC(=O)Nc1cnccc1C(=O)O. The van der Waals surface area contributed by atoms with Gasteiger partial charge >= 0.3 is 5.97 Å². The first-order chi connectivity index (χ1) is 9.99. The van der Waals surface area contributed by atoms with Crippen LogP contribution in [0.5, 0.6) is 0 Å². The highest BCUT2D eigenvalue weighted by molar-refractivity contribution is 6.00. The Hall–Kier alpha value is -2.70. The van der Waals surface area contributed by atoms with Gasteiger partial charge in [-0.1, -0.05) is 5.16 Å². The Balaban J connectivity index is 2.01. The van der Waals surface area contributed by atoms with Crippen molar-refractivity contribution in [2.75, 3.05) is 5.32 Å². The molecule has 2 rings (SSSR count). The summed E-state index contributed by atoms with van der Waals surface area (Å²) in [4.78, 5) is 26.8. The Bertz CT molecular complexity index is 659. The van der Waals surface area contributed by atoms with E-state index in [1.165, 1.54) is 18.5 Å². The van der Waals surface area contributed by atoms with Crippen LogP contribution in [-0.4, -0.2) is 27.1 Å². The lowest BCUT2D eigenvalue weighted by molar-refractivity contribution is -0.116. The van der Waals surface area contributed by atoms with Crippen molar-refractivity contribution in [3.63, 3.8) is 0 Å². The third-order valence-corrected chi connectivity index (χ3v) is 3.11. The number of carbonyl (C=O) groups excluding carboxylic acids is 1. The van der Waals surface area contributed by atoms with Crippen LogP contribution >= 0.6 is 0 Å². The standard InChI is InChI=1S/C14H15N3O4/c1-8-10(9(2)21-17-8)3-4-13(18)16-12-7-15-6-5-11(12)14(19)20/h5-7H,3-4H2,1-2H3,(H,16,18)(H,19,20). The Kier molecular flexibility index (Phi) is 4.32. The van der Waals surface area contributed by atoms with Gasteiger partial charge in [0.1, 0.15) is 5.76 Å². The fourth-order valence-corrected chi connectivity index (χ4v) is 1.99. The Morgan fingerprint density at radius 3 is 2.76 bits per heavy atom. The number of pyridine rings is 1. The predicted octanol–water partition coefficient (Wildman–Crippen LogP) is 1.96. The van der Waals surface area contributed by atoms with E-state index in [0.717, 1.165) is 11.3 Å². The monoisotopic (exact) mass is 289 g/mol. The first-order valence-electron chi connectivity index (χ1n) is 6.38. The minimum atomic E-state index is -1.11. The van der Waals surface area contributed by atoms with Crippen LogP contribution in [0, 0.1) is 13.8 Å². The van der Waals surface area contributed by atoms with Crippen molar-refractivity contribution in [2.24, 2.45) is 0 Å². The molecule has 0 radical (unpaired) electrons. The van der Waals surface area contributed by atoms with Gasteiger partial charge < -0.3 is 14.9 Å². The van der Waals surface area contributed by atoms with Gasteiger partial charge in [-0.3, -0.25) is 9.78 Å². The van der Waals surface area contributed by atoms with Gasteiger partial charge in [0.15, 0.2) is 0 Å². The van der Waals surface area contributed by atoms with Crippen molar-refractivity contribution in [2.45, 2.75) is 26.7 Å². The molecule has 0 bridgehead atoms. The number of hydrogen-bond acceptors (Lipinski definition) is 5. The molecule has 0 spiro atoms. The fourth-order valence-electron chi connectivity index (χ4n) is 1.99. The summed E-state index contributed by atoms with van der Waals surface area (Å²) in [5, 5.41) is 15.4. The number of hydrogen-bond donors (Lipinski definition) is 2. The molecule has 0 aliphatic heterocycles. The van der Waals surface area contributed by atoms with Gasteiger partial charge in [0.05, 0.1) is 23.1 Å². The van der Waals surface area contributed by atoms with E-state index in [1.807, 2.05) is 6.92 Å². The molecule has 2 heterocycles. The number of aromatic carboxylic acids is 1. The van der Waals surface area contributed by atoms with Gasteiger partial charge in [-0.15, -0.1) is 0 Å². The summed E-state index contributed by atoms with van der Waals surface area (Å²) in [5.74, 6) is -0.711. The smallest absolute Gasteiger partial charge is 0.337 e. The number of anilines is 1. The highest BCUT2D eigenvalue weighted by Gasteiger charge is 2.14. The maximum Gasteiger partial charge on any atom is 0.337 e. The van der Waals surface area contributed by atoms with Gasteiger partial charge in [0.2, 0.25) is 5.91 Å². The average Bonchev–Trinajstić information content (AvgIpc) is 2.76. The molecular weight excluding hydrogens is 274 g/mol. The van der Waals surface area contributed by atoms with Crippen molar-refractivity contribution in [3.05, 3.63) is 41.0 Å². The summed E-state index contributed by atoms with van der Waals surface area (Å²) >= 11 is 0. The second kappa shape index (κ2) is 6.17. The number of nitrogens with one attached hydrogen (secondary N) is 1. The largest absolute Gasteiger partial charge is 0.478 e. The molecule has 2 N–H and O–H groups in total. The van der Waals surface area contributed by atoms with Gasteiger partial charge in [-0.25, -0.2) is 4.79 Å². The van der Waals surface area contributed by atoms with Crippen LogP contribution in [-0.2, 0) is 11.2 Å². The number of amides is 1. The Labute approximate surface area is 121 Å². The second-order valence-electron chi connectivity index (χ2n) is 4.58. The topological polar surface area (TPSA) is 105 Å². The quantitative estimate of drug-likeness (QED) is 0.871. The lowest BCUT2D eigenvalue weighted by Crippen LogP contribution is -2.15. The van der Waals surface area contributed by atoms with E-state index >= 15 is 0 Å². The van der Waals surface area contributed by atoms with E-state index in [-0.39, 0.29) is 23.6 Å². The highest BCUT2D eigenvalue weighted by Crippen LogP contribution is 2.16. The molecule has 0 saturated carbocycles. The van der Waals surface area contributed by atoms with Crippen molar-refractivity contribution in [1.82, 2.24) is 10.1 Å². The zero-order chi connectivity index (χ0) is 15.4. The molecule has 0 aliphatic rings. The van der Waals surface area contributed by atoms with Crippen LogP contribution < -0.4 is 5.32 Å². The summed E-state index contributed by atoms with van der Waals surface area (Å²) < 4.78 is 5.03. The molecule has 0 saturated heterocycles. The summed E-state index contributed by atoms with van der Waals surface area (Å²) in [6.07, 6.45) is 3.37. The van der Waals surface area contributed by atoms with Crippen molar-refractivity contribution in [1.29, 1.82) is 0 Å². The lowest BCUT2D eigenvalue weighted by Gasteiger charge is -2.07. The lowest BCUT2D eigenvalue weighted by atomic mass is 10.1. The molecule has 2 aromatic rings. The minimum absolute atomic E-state index is 0.00990. The van der Waals surface area contributed by atoms with Crippen LogP contribution in [0.15, 0.2) is 23.0 Å². The van der Waals surface area contributed by atoms with E-state index in [1.54, 1.807) is 6.92 Å². The van der Waals surface area contributed by atoms with Crippen molar-refractivity contribution >= 4 is 17.6 Å². The third kappa shape index (κ3) is 3.44. The van der Waals surface area contributed by atoms with Crippen LogP contribution in [0.25, 0.3) is 0 Å². The van der Waals surface area contributed by atoms with Crippen molar-refractivity contribution in [3.8, 4) is 0 Å². The number of rotatable bonds is 5. The number of nitrogens with zero attached hydrogens (tertiary/aromatic N) is 2. The molecule has 7 heteroatoms. The molecule has 7 nitrogen and oxygen atoms in total. The average molecular weight is 289 g/mol. The summed E-state index contributed by atoms with van der Waals surface area (Å²) in [6, 6.07) is 1.34. The summed E-state index contributed by atoms with van der Waals surface area (Å²) in [5.41, 5.74) is 1.85. The number of carboxylic acids is 1. The molecular formula is C14H15N3O4. The fraction of sp³-hybridized carbons (Fsp3) is 0.286. The molecule has 0 aromatic carbocycles. The van der Waals surface area contributed by atoms with Gasteiger partial charge in [-0.05, 0) is 26.3 Å². The van der Waals surface area contributed by atoms with E-state index in [4.69, 9.17) is 9.63 Å². The van der Waals surface area contributed by atoms with Gasteiger partial charge in [0, 0.05) is 18.2 Å². The first kappa shape index (κ1) is 14.7. The molecule has 0 atom stereocenters. The maximum atomic E-state index is 11.9. The molecule has 110 valence electrons. The highest BCUT2D eigenvalue weighted by atomic mass is 16.5. The van der Waals surface area contributed by atoms with Crippen LogP contribution in [0.3, 0.4) is 0 Å². The van der Waals surface area contributed by atoms with Gasteiger partial charge in [-0.2, -0.15) is 0 Å². The third-order valence-electron chi connectivity index (χ3n) is 3.11. The van der Waals surface area contributed by atoms with Crippen LogP contribution in [0.4, 0.5) is 5.69 Å². The van der Waals surface area contributed by atoms with Crippen LogP contribution in [0.1, 0.15) is 33.8 Å².